The minimum absolute atomic E-state index is 0.142. The minimum atomic E-state index is -0.909. The lowest BCUT2D eigenvalue weighted by molar-refractivity contribution is -0.145. The van der Waals surface area contributed by atoms with Gasteiger partial charge < -0.3 is 49.7 Å². The third kappa shape index (κ3) is 23.4. The molecule has 0 bridgehead atoms. The number of urea groups is 1. The van der Waals surface area contributed by atoms with E-state index in [1.165, 1.54) is 32.4 Å². The maximum Gasteiger partial charge on any atom is 0.408 e. The summed E-state index contributed by atoms with van der Waals surface area (Å²) in [4.78, 5) is 87.6. The van der Waals surface area contributed by atoms with Crippen LogP contribution >= 0.6 is 0 Å². The van der Waals surface area contributed by atoms with Gasteiger partial charge in [0.1, 0.15) is 18.2 Å². The molecule has 0 aliphatic rings. The van der Waals surface area contributed by atoms with Crippen molar-refractivity contribution in [3.05, 3.63) is 65.2 Å². The van der Waals surface area contributed by atoms with Crippen molar-refractivity contribution in [3.8, 4) is 0 Å². The molecule has 2 atom stereocenters. The first kappa shape index (κ1) is 52.6. The van der Waals surface area contributed by atoms with E-state index in [-0.39, 0.29) is 106 Å². The van der Waals surface area contributed by atoms with Crippen molar-refractivity contribution in [2.45, 2.75) is 110 Å². The van der Waals surface area contributed by atoms with E-state index < -0.39 is 35.8 Å². The molecule has 17 nitrogen and oxygen atoms in total. The predicted octanol–water partition coefficient (Wildman–Crippen LogP) is 6.91. The van der Waals surface area contributed by atoms with Gasteiger partial charge in [0.15, 0.2) is 11.6 Å². The Morgan fingerprint density at radius 1 is 0.645 bits per heavy atom. The van der Waals surface area contributed by atoms with E-state index in [9.17, 15) is 33.6 Å². The lowest BCUT2D eigenvalue weighted by atomic mass is 9.97. The number of ketones is 2. The van der Waals surface area contributed by atoms with E-state index >= 15 is 0 Å². The number of hydrogen-bond acceptors (Lipinski definition) is 13. The zero-order valence-corrected chi connectivity index (χ0v) is 37.1. The second-order valence-electron chi connectivity index (χ2n) is 15.6. The highest BCUT2D eigenvalue weighted by atomic mass is 16.6. The molecule has 0 aromatic heterocycles. The highest BCUT2D eigenvalue weighted by Gasteiger charge is 2.25. The number of anilines is 1. The zero-order valence-electron chi connectivity index (χ0n) is 37.1. The average Bonchev–Trinajstić information content (AvgIpc) is 3.24. The second kappa shape index (κ2) is 29.7. The number of unbranched alkanes of at least 4 members (excludes halogenated alkanes) is 4. The number of rotatable bonds is 29. The van der Waals surface area contributed by atoms with Gasteiger partial charge in [-0.15, -0.1) is 0 Å². The summed E-state index contributed by atoms with van der Waals surface area (Å²) in [6, 6.07) is 12.5. The van der Waals surface area contributed by atoms with E-state index in [4.69, 9.17) is 28.4 Å². The number of alkyl carbamates (subject to hydrolysis) is 2. The van der Waals surface area contributed by atoms with Gasteiger partial charge in [-0.25, -0.2) is 19.2 Å². The highest BCUT2D eigenvalue weighted by molar-refractivity contribution is 6.04. The Bertz CT molecular complexity index is 1710. The summed E-state index contributed by atoms with van der Waals surface area (Å²) in [6.45, 7) is 8.54. The lowest BCUT2D eigenvalue weighted by Gasteiger charge is -2.22. The Kier molecular flexibility index (Phi) is 25.2. The molecule has 344 valence electrons. The van der Waals surface area contributed by atoms with Crippen molar-refractivity contribution < 1.29 is 62.0 Å². The first-order valence-corrected chi connectivity index (χ1v) is 21.1. The van der Waals surface area contributed by atoms with E-state index in [2.05, 4.69) is 21.3 Å². The van der Waals surface area contributed by atoms with Gasteiger partial charge in [-0.1, -0.05) is 62.9 Å². The normalized spacial score (nSPS) is 12.0. The quantitative estimate of drug-likeness (QED) is 0.0283. The fourth-order valence-corrected chi connectivity index (χ4v) is 5.93. The number of methoxy groups -OCH3 is 2. The maximum absolute atomic E-state index is 13.4. The van der Waals surface area contributed by atoms with Crippen LogP contribution in [0, 0.1) is 5.92 Å². The van der Waals surface area contributed by atoms with Gasteiger partial charge in [-0.3, -0.25) is 14.4 Å². The Hall–Kier alpha value is -5.55. The Morgan fingerprint density at radius 2 is 1.21 bits per heavy atom. The third-order valence-corrected chi connectivity index (χ3v) is 9.19. The summed E-state index contributed by atoms with van der Waals surface area (Å²) in [5.41, 5.74) is 0.958. The SMILES string of the molecule is COC(=O)[C@H](CCCCCC(=O)c1cc(NC(=O)NCCOCCOCCNC(=O)OCc2ccccc2)cc(C(=O)CCCCC[C@H](C)C(=O)OC)c1)NC(=O)OC(C)(C)C. The van der Waals surface area contributed by atoms with Crippen LogP contribution in [0.5, 0.6) is 0 Å². The summed E-state index contributed by atoms with van der Waals surface area (Å²) in [6.07, 6.45) is 3.59. The predicted molar refractivity (Wildman–Crippen MR) is 231 cm³/mol. The van der Waals surface area contributed by atoms with Crippen molar-refractivity contribution in [3.63, 3.8) is 0 Å². The average molecular weight is 871 g/mol. The van der Waals surface area contributed by atoms with Crippen LogP contribution < -0.4 is 21.3 Å². The molecule has 2 aromatic rings. The molecule has 4 N–H and O–H groups in total. The fraction of sp³-hybridized carbons (Fsp3) is 0.578. The molecule has 0 saturated heterocycles. The van der Waals surface area contributed by atoms with Gasteiger partial charge in [0, 0.05) is 42.7 Å². The molecule has 0 fully saturated rings. The minimum Gasteiger partial charge on any atom is -0.469 e. The molecule has 0 unspecified atom stereocenters. The molecule has 0 aliphatic heterocycles. The van der Waals surface area contributed by atoms with Gasteiger partial charge >= 0.3 is 30.2 Å². The van der Waals surface area contributed by atoms with Crippen LogP contribution in [0.3, 0.4) is 0 Å². The number of carbonyl (C=O) groups excluding carboxylic acids is 7. The third-order valence-electron chi connectivity index (χ3n) is 9.19. The molecule has 62 heavy (non-hydrogen) atoms. The van der Waals surface area contributed by atoms with E-state index in [1.807, 2.05) is 30.3 Å². The van der Waals surface area contributed by atoms with Crippen LogP contribution in [-0.4, -0.2) is 107 Å². The van der Waals surface area contributed by atoms with Crippen molar-refractivity contribution in [2.75, 3.05) is 59.1 Å². The van der Waals surface area contributed by atoms with Gasteiger partial charge in [-0.2, -0.15) is 0 Å². The number of nitrogens with one attached hydrogen (secondary N) is 4. The summed E-state index contributed by atoms with van der Waals surface area (Å²) >= 11 is 0. The molecule has 17 heteroatoms. The number of ether oxygens (including phenoxy) is 6. The molecule has 0 aliphatic carbocycles. The molecular weight excluding hydrogens is 805 g/mol. The largest absolute Gasteiger partial charge is 0.469 e. The Morgan fingerprint density at radius 3 is 1.77 bits per heavy atom. The molecule has 0 saturated carbocycles. The van der Waals surface area contributed by atoms with Crippen molar-refractivity contribution in [1.29, 1.82) is 0 Å². The second-order valence-corrected chi connectivity index (χ2v) is 15.6. The van der Waals surface area contributed by atoms with Gasteiger partial charge in [0.2, 0.25) is 0 Å². The standard InChI is InChI=1S/C45H66N4O13/c1-32(40(52)57-5)16-10-7-14-20-38(50)34-28-35(39(51)21-15-9-13-19-37(41(53)58-6)49-44(56)62-45(2,3)4)30-36(29-34)48-42(54)46-22-24-59-26-27-60-25-23-47-43(55)61-31-33-17-11-8-12-18-33/h8,11-12,17-18,28-30,32,37H,7,9-10,13-16,19-27,31H2,1-6H3,(H,47,55)(H,49,56)(H2,46,48,54)/t32-,37-/m0/s1. The number of carbonyl (C=O) groups is 7. The highest BCUT2D eigenvalue weighted by Crippen LogP contribution is 2.21. The first-order valence-electron chi connectivity index (χ1n) is 21.1. The van der Waals surface area contributed by atoms with Crippen LogP contribution in [-0.2, 0) is 44.6 Å². The van der Waals surface area contributed by atoms with Gasteiger partial charge in [-0.05, 0) is 70.2 Å². The van der Waals surface area contributed by atoms with E-state index in [0.717, 1.165) is 18.4 Å². The van der Waals surface area contributed by atoms with Crippen molar-refractivity contribution >= 4 is 47.4 Å². The van der Waals surface area contributed by atoms with Crippen LogP contribution in [0.1, 0.15) is 118 Å². The molecule has 2 aromatic carbocycles. The number of benzene rings is 2. The zero-order chi connectivity index (χ0) is 45.8. The monoisotopic (exact) mass is 870 g/mol. The molecule has 4 amide bonds. The summed E-state index contributed by atoms with van der Waals surface area (Å²) in [7, 11) is 2.59. The molecule has 0 spiro atoms. The number of esters is 2. The number of amides is 4. The van der Waals surface area contributed by atoms with E-state index in [0.29, 0.717) is 32.1 Å². The van der Waals surface area contributed by atoms with Crippen molar-refractivity contribution in [1.82, 2.24) is 16.0 Å². The molecule has 0 radical (unpaired) electrons. The summed E-state index contributed by atoms with van der Waals surface area (Å²) < 4.78 is 31.0. The number of Topliss-reactive ketones (excluding diaryl/α,β-unsaturated/α-hetero) is 2. The van der Waals surface area contributed by atoms with E-state index in [1.54, 1.807) is 27.7 Å². The Labute approximate surface area is 365 Å². The molecule has 2 rings (SSSR count). The fourth-order valence-electron chi connectivity index (χ4n) is 5.93. The van der Waals surface area contributed by atoms with Crippen molar-refractivity contribution in [2.24, 2.45) is 5.92 Å². The van der Waals surface area contributed by atoms with Crippen LogP contribution in [0.2, 0.25) is 0 Å². The first-order chi connectivity index (χ1) is 29.6. The topological polar surface area (TPSA) is 223 Å². The Balaban J connectivity index is 1.86. The summed E-state index contributed by atoms with van der Waals surface area (Å²) in [5, 5.41) is 10.6. The lowest BCUT2D eigenvalue weighted by Crippen LogP contribution is -2.44. The molecular formula is C45H66N4O13. The smallest absolute Gasteiger partial charge is 0.408 e. The van der Waals surface area contributed by atoms with Gasteiger partial charge in [0.25, 0.3) is 0 Å². The summed E-state index contributed by atoms with van der Waals surface area (Å²) in [5.74, 6) is -1.53. The van der Waals surface area contributed by atoms with Crippen LogP contribution in [0.25, 0.3) is 0 Å². The number of hydrogen-bond donors (Lipinski definition) is 4. The van der Waals surface area contributed by atoms with Crippen LogP contribution in [0.4, 0.5) is 20.1 Å². The maximum atomic E-state index is 13.4. The molecule has 0 heterocycles. The van der Waals surface area contributed by atoms with Gasteiger partial charge in [0.05, 0.1) is 46.6 Å². The van der Waals surface area contributed by atoms with Crippen LogP contribution in [0.15, 0.2) is 48.5 Å².